The number of carbonyl (C=O) groups is 3. The van der Waals surface area contributed by atoms with E-state index in [1.807, 2.05) is 45.0 Å². The summed E-state index contributed by atoms with van der Waals surface area (Å²) in [6.07, 6.45) is 0.821. The van der Waals surface area contributed by atoms with Gasteiger partial charge in [0.15, 0.2) is 0 Å². The number of thiol groups is 1. The molecule has 31 heavy (non-hydrogen) atoms. The van der Waals surface area contributed by atoms with Crippen molar-refractivity contribution < 1.29 is 19.1 Å². The summed E-state index contributed by atoms with van der Waals surface area (Å²) in [7, 11) is 0. The quantitative estimate of drug-likeness (QED) is 0.398. The van der Waals surface area contributed by atoms with Gasteiger partial charge in [0.05, 0.1) is 0 Å². The van der Waals surface area contributed by atoms with E-state index in [1.54, 1.807) is 26.8 Å². The molecule has 0 aliphatic heterocycles. The van der Waals surface area contributed by atoms with Crippen molar-refractivity contribution in [1.29, 1.82) is 0 Å². The summed E-state index contributed by atoms with van der Waals surface area (Å²) in [5.41, 5.74) is 0.985. The SMILES string of the molecule is C=CCN(C(=O)C(CS)NC(=O)OC(C)(C)C)C(C(=O)NC(C)C)c1ccc(C)cc1. The highest BCUT2D eigenvalue weighted by Crippen LogP contribution is 2.23. The van der Waals surface area contributed by atoms with E-state index in [0.29, 0.717) is 5.56 Å². The Kier molecular flexibility index (Phi) is 10.1. The molecule has 1 aromatic carbocycles. The molecule has 0 spiro atoms. The fourth-order valence-corrected chi connectivity index (χ4v) is 3.13. The van der Waals surface area contributed by atoms with Gasteiger partial charge in [0.25, 0.3) is 0 Å². The van der Waals surface area contributed by atoms with E-state index >= 15 is 0 Å². The molecule has 0 heterocycles. The third kappa shape index (κ3) is 8.65. The molecule has 7 nitrogen and oxygen atoms in total. The Labute approximate surface area is 191 Å². The maximum Gasteiger partial charge on any atom is 0.408 e. The van der Waals surface area contributed by atoms with Gasteiger partial charge in [-0.15, -0.1) is 6.58 Å². The molecule has 0 aliphatic carbocycles. The second-order valence-corrected chi connectivity index (χ2v) is 9.00. The van der Waals surface area contributed by atoms with Crippen molar-refractivity contribution >= 4 is 30.5 Å². The molecule has 8 heteroatoms. The third-order valence-corrected chi connectivity index (χ3v) is 4.53. The highest BCUT2D eigenvalue weighted by molar-refractivity contribution is 7.80. The number of rotatable bonds is 9. The van der Waals surface area contributed by atoms with Crippen LogP contribution in [0.2, 0.25) is 0 Å². The number of hydrogen-bond acceptors (Lipinski definition) is 5. The molecule has 0 aromatic heterocycles. The van der Waals surface area contributed by atoms with Gasteiger partial charge in [0.1, 0.15) is 17.7 Å². The molecule has 1 aromatic rings. The van der Waals surface area contributed by atoms with E-state index in [1.165, 1.54) is 4.90 Å². The average Bonchev–Trinajstić information content (AvgIpc) is 2.64. The highest BCUT2D eigenvalue weighted by Gasteiger charge is 2.35. The van der Waals surface area contributed by atoms with Gasteiger partial charge in [-0.25, -0.2) is 4.79 Å². The van der Waals surface area contributed by atoms with Crippen LogP contribution in [-0.2, 0) is 14.3 Å². The van der Waals surface area contributed by atoms with E-state index in [0.717, 1.165) is 5.56 Å². The van der Waals surface area contributed by atoms with Crippen LogP contribution in [0.15, 0.2) is 36.9 Å². The minimum atomic E-state index is -0.974. The van der Waals surface area contributed by atoms with Crippen molar-refractivity contribution in [2.75, 3.05) is 12.3 Å². The second-order valence-electron chi connectivity index (χ2n) is 8.64. The Hall–Kier alpha value is -2.48. The first-order chi connectivity index (χ1) is 14.4. The number of alkyl carbamates (subject to hydrolysis) is 1. The molecule has 1 rings (SSSR count). The van der Waals surface area contributed by atoms with Gasteiger partial charge >= 0.3 is 6.09 Å². The number of benzene rings is 1. The number of amides is 3. The molecule has 0 saturated carbocycles. The first-order valence-electron chi connectivity index (χ1n) is 10.3. The van der Waals surface area contributed by atoms with Crippen molar-refractivity contribution in [1.82, 2.24) is 15.5 Å². The number of ether oxygens (including phenoxy) is 1. The zero-order chi connectivity index (χ0) is 23.8. The van der Waals surface area contributed by atoms with Gasteiger partial charge in [0.2, 0.25) is 11.8 Å². The largest absolute Gasteiger partial charge is 0.444 e. The van der Waals surface area contributed by atoms with Gasteiger partial charge in [-0.3, -0.25) is 9.59 Å². The average molecular weight is 450 g/mol. The molecule has 0 radical (unpaired) electrons. The van der Waals surface area contributed by atoms with Crippen molar-refractivity contribution in [3.63, 3.8) is 0 Å². The minimum absolute atomic E-state index is 0.0398. The first-order valence-corrected chi connectivity index (χ1v) is 10.9. The number of nitrogens with one attached hydrogen (secondary N) is 2. The van der Waals surface area contributed by atoms with Crippen LogP contribution < -0.4 is 10.6 Å². The van der Waals surface area contributed by atoms with E-state index in [4.69, 9.17) is 4.74 Å². The fourth-order valence-electron chi connectivity index (χ4n) is 2.88. The predicted molar refractivity (Wildman–Crippen MR) is 126 cm³/mol. The first kappa shape index (κ1) is 26.6. The number of hydrogen-bond donors (Lipinski definition) is 3. The summed E-state index contributed by atoms with van der Waals surface area (Å²) in [6, 6.07) is 5.43. The van der Waals surface area contributed by atoms with Gasteiger partial charge in [-0.2, -0.15) is 12.6 Å². The zero-order valence-electron chi connectivity index (χ0n) is 19.3. The van der Waals surface area contributed by atoms with Crippen LogP contribution in [0, 0.1) is 6.92 Å². The molecule has 0 saturated heterocycles. The lowest BCUT2D eigenvalue weighted by molar-refractivity contribution is -0.141. The number of carbonyl (C=O) groups excluding carboxylic acids is 3. The molecule has 0 aliphatic rings. The maximum atomic E-state index is 13.4. The monoisotopic (exact) mass is 449 g/mol. The summed E-state index contributed by atoms with van der Waals surface area (Å²) < 4.78 is 5.26. The van der Waals surface area contributed by atoms with Crippen LogP contribution in [0.25, 0.3) is 0 Å². The van der Waals surface area contributed by atoms with Crippen molar-refractivity contribution in [2.45, 2.75) is 65.3 Å². The van der Waals surface area contributed by atoms with E-state index < -0.39 is 29.7 Å². The van der Waals surface area contributed by atoms with Crippen LogP contribution in [0.5, 0.6) is 0 Å². The Bertz CT molecular complexity index is 772. The lowest BCUT2D eigenvalue weighted by Gasteiger charge is -2.34. The zero-order valence-corrected chi connectivity index (χ0v) is 20.2. The van der Waals surface area contributed by atoms with Crippen LogP contribution >= 0.6 is 12.6 Å². The topological polar surface area (TPSA) is 87.7 Å². The summed E-state index contributed by atoms with van der Waals surface area (Å²) in [6.45, 7) is 14.7. The molecule has 0 fully saturated rings. The Morgan fingerprint density at radius 1 is 1.16 bits per heavy atom. The lowest BCUT2D eigenvalue weighted by atomic mass is 10.0. The molecule has 2 N–H and O–H groups in total. The highest BCUT2D eigenvalue weighted by atomic mass is 32.1. The standard InChI is InChI=1S/C23H35N3O4S/c1-8-13-26(21(28)18(14-31)25-22(29)30-23(5,6)7)19(20(27)24-15(2)3)17-11-9-16(4)10-12-17/h8-12,15,18-19,31H,1,13-14H2,2-7H3,(H,24,27)(H,25,29). The minimum Gasteiger partial charge on any atom is -0.444 e. The molecule has 2 atom stereocenters. The summed E-state index contributed by atoms with van der Waals surface area (Å²) in [5, 5.41) is 5.44. The van der Waals surface area contributed by atoms with Gasteiger partial charge in [-0.05, 0) is 47.1 Å². The van der Waals surface area contributed by atoms with Crippen LogP contribution in [0.4, 0.5) is 4.79 Å². The third-order valence-electron chi connectivity index (χ3n) is 4.16. The van der Waals surface area contributed by atoms with E-state index in [-0.39, 0.29) is 24.2 Å². The van der Waals surface area contributed by atoms with Gasteiger partial charge in [-0.1, -0.05) is 35.9 Å². The molecular weight excluding hydrogens is 414 g/mol. The second kappa shape index (κ2) is 11.8. The van der Waals surface area contributed by atoms with E-state index in [2.05, 4.69) is 29.8 Å². The normalized spacial score (nSPS) is 13.2. The van der Waals surface area contributed by atoms with Crippen LogP contribution in [0.3, 0.4) is 0 Å². The maximum absolute atomic E-state index is 13.4. The number of nitrogens with zero attached hydrogens (tertiary/aromatic N) is 1. The fraction of sp³-hybridized carbons (Fsp3) is 0.522. The van der Waals surface area contributed by atoms with Crippen molar-refractivity contribution in [3.05, 3.63) is 48.0 Å². The summed E-state index contributed by atoms with van der Waals surface area (Å²) in [5.74, 6) is -0.729. The van der Waals surface area contributed by atoms with Gasteiger partial charge in [0, 0.05) is 18.3 Å². The Morgan fingerprint density at radius 3 is 2.19 bits per heavy atom. The van der Waals surface area contributed by atoms with Gasteiger partial charge < -0.3 is 20.3 Å². The molecular formula is C23H35N3O4S. The smallest absolute Gasteiger partial charge is 0.408 e. The van der Waals surface area contributed by atoms with Crippen molar-refractivity contribution in [3.8, 4) is 0 Å². The summed E-state index contributed by atoms with van der Waals surface area (Å²) >= 11 is 4.24. The molecule has 2 unspecified atom stereocenters. The number of aryl methyl sites for hydroxylation is 1. The van der Waals surface area contributed by atoms with Crippen molar-refractivity contribution in [2.24, 2.45) is 0 Å². The molecule has 3 amide bonds. The molecule has 172 valence electrons. The summed E-state index contributed by atoms with van der Waals surface area (Å²) in [4.78, 5) is 40.2. The lowest BCUT2D eigenvalue weighted by Crippen LogP contribution is -2.54. The molecule has 0 bridgehead atoms. The predicted octanol–water partition coefficient (Wildman–Crippen LogP) is 3.40. The van der Waals surface area contributed by atoms with E-state index in [9.17, 15) is 14.4 Å². The van der Waals surface area contributed by atoms with Crippen LogP contribution in [-0.4, -0.2) is 52.8 Å². The van der Waals surface area contributed by atoms with Crippen LogP contribution in [0.1, 0.15) is 51.8 Å². The Morgan fingerprint density at radius 2 is 1.74 bits per heavy atom. The Balaban J connectivity index is 3.29.